The highest BCUT2D eigenvalue weighted by Gasteiger charge is 2.24. The van der Waals surface area contributed by atoms with Crippen molar-refractivity contribution in [3.8, 4) is 5.75 Å². The van der Waals surface area contributed by atoms with E-state index in [1.165, 1.54) is 16.6 Å². The Balaban J connectivity index is 0.00000102. The lowest BCUT2D eigenvalue weighted by molar-refractivity contribution is 0.310. The van der Waals surface area contributed by atoms with Gasteiger partial charge in [0, 0.05) is 23.4 Å². The van der Waals surface area contributed by atoms with Crippen LogP contribution in [0.5, 0.6) is 5.75 Å². The van der Waals surface area contributed by atoms with E-state index in [9.17, 15) is 0 Å². The molecule has 2 N–H and O–H groups in total. The average Bonchev–Trinajstić information content (AvgIpc) is 3.10. The quantitative estimate of drug-likeness (QED) is 0.605. The summed E-state index contributed by atoms with van der Waals surface area (Å²) in [5.41, 5.74) is 9.97. The smallest absolute Gasteiger partial charge is 0.129 e. The Bertz CT molecular complexity index is 877. The molecule has 4 rings (SSSR count). The highest BCUT2D eigenvalue weighted by molar-refractivity contribution is 6.05. The summed E-state index contributed by atoms with van der Waals surface area (Å²) in [4.78, 5) is 0. The molecule has 142 valence electrons. The standard InChI is InChI=1S/C21H23N3O.C2H6/c1-15(2)13-24-21-18-11-7-6-10-17(18)20(12-19(21)22-23-24)25-14-16-8-4-3-5-9-16;1-2/h3-12,15,22-23H,13-14H2,1-2H3;1-2H3. The SMILES string of the molecule is CC.CC(C)CN1NNc2cc(OCc3ccccc3)c3ccccc3c21. The Morgan fingerprint density at radius 1 is 0.926 bits per heavy atom. The number of hydrogen-bond donors (Lipinski definition) is 2. The Kier molecular flexibility index (Phi) is 6.20. The van der Waals surface area contributed by atoms with E-state index in [-0.39, 0.29) is 0 Å². The number of rotatable bonds is 5. The average molecular weight is 364 g/mol. The molecule has 0 aromatic heterocycles. The maximum atomic E-state index is 6.16. The third kappa shape index (κ3) is 4.17. The minimum Gasteiger partial charge on any atom is -0.488 e. The molecule has 0 bridgehead atoms. The van der Waals surface area contributed by atoms with Gasteiger partial charge in [0.05, 0.1) is 11.4 Å². The highest BCUT2D eigenvalue weighted by atomic mass is 16.5. The molecule has 0 saturated heterocycles. The van der Waals surface area contributed by atoms with E-state index in [0.717, 1.165) is 23.4 Å². The summed E-state index contributed by atoms with van der Waals surface area (Å²) in [7, 11) is 0. The van der Waals surface area contributed by atoms with Crippen LogP contribution in [0.2, 0.25) is 0 Å². The van der Waals surface area contributed by atoms with E-state index < -0.39 is 0 Å². The van der Waals surface area contributed by atoms with Crippen LogP contribution in [0.15, 0.2) is 60.7 Å². The van der Waals surface area contributed by atoms with E-state index in [4.69, 9.17) is 4.74 Å². The second kappa shape index (κ2) is 8.78. The van der Waals surface area contributed by atoms with Gasteiger partial charge < -0.3 is 10.2 Å². The van der Waals surface area contributed by atoms with Gasteiger partial charge in [-0.05, 0) is 11.5 Å². The van der Waals surface area contributed by atoms with Crippen LogP contribution in [-0.2, 0) is 6.61 Å². The van der Waals surface area contributed by atoms with Gasteiger partial charge in [0.25, 0.3) is 0 Å². The molecule has 0 saturated carbocycles. The molecule has 0 radical (unpaired) electrons. The third-order valence-electron chi connectivity index (χ3n) is 4.36. The Morgan fingerprint density at radius 2 is 1.59 bits per heavy atom. The lowest BCUT2D eigenvalue weighted by Gasteiger charge is -2.21. The molecule has 0 atom stereocenters. The molecule has 0 unspecified atom stereocenters. The molecule has 0 aliphatic carbocycles. The number of anilines is 2. The number of fused-ring (bicyclic) bond motifs is 3. The summed E-state index contributed by atoms with van der Waals surface area (Å²) in [6.07, 6.45) is 0. The summed E-state index contributed by atoms with van der Waals surface area (Å²) < 4.78 is 6.16. The van der Waals surface area contributed by atoms with E-state index in [2.05, 4.69) is 72.3 Å². The summed E-state index contributed by atoms with van der Waals surface area (Å²) >= 11 is 0. The van der Waals surface area contributed by atoms with Crippen molar-refractivity contribution in [2.45, 2.75) is 34.3 Å². The molecule has 3 aromatic rings. The zero-order valence-corrected chi connectivity index (χ0v) is 16.6. The second-order valence-corrected chi connectivity index (χ2v) is 6.83. The van der Waals surface area contributed by atoms with Gasteiger partial charge in [-0.25, -0.2) is 0 Å². The number of nitrogens with one attached hydrogen (secondary N) is 2. The fourth-order valence-electron chi connectivity index (χ4n) is 3.25. The number of nitrogens with zero attached hydrogens (tertiary/aromatic N) is 1. The van der Waals surface area contributed by atoms with Gasteiger partial charge >= 0.3 is 0 Å². The van der Waals surface area contributed by atoms with Crippen molar-refractivity contribution < 1.29 is 4.74 Å². The van der Waals surface area contributed by atoms with Gasteiger partial charge in [-0.15, -0.1) is 5.53 Å². The molecule has 4 nitrogen and oxygen atoms in total. The lowest BCUT2D eigenvalue weighted by Crippen LogP contribution is -2.38. The Labute approximate surface area is 162 Å². The third-order valence-corrected chi connectivity index (χ3v) is 4.36. The predicted octanol–water partition coefficient (Wildman–Crippen LogP) is 5.75. The molecule has 1 aliphatic rings. The number of hydrazine groups is 2. The molecule has 1 aliphatic heterocycles. The predicted molar refractivity (Wildman–Crippen MR) is 115 cm³/mol. The van der Waals surface area contributed by atoms with E-state index in [1.807, 2.05) is 32.0 Å². The van der Waals surface area contributed by atoms with Crippen LogP contribution in [0.1, 0.15) is 33.3 Å². The van der Waals surface area contributed by atoms with Crippen LogP contribution in [0.4, 0.5) is 11.4 Å². The Morgan fingerprint density at radius 3 is 2.30 bits per heavy atom. The van der Waals surface area contributed by atoms with Crippen LogP contribution >= 0.6 is 0 Å². The van der Waals surface area contributed by atoms with Crippen LogP contribution in [0, 0.1) is 5.92 Å². The van der Waals surface area contributed by atoms with Crippen molar-refractivity contribution in [1.82, 2.24) is 5.53 Å². The van der Waals surface area contributed by atoms with Crippen molar-refractivity contribution in [3.63, 3.8) is 0 Å². The van der Waals surface area contributed by atoms with Crippen molar-refractivity contribution >= 4 is 22.1 Å². The largest absolute Gasteiger partial charge is 0.488 e. The number of benzene rings is 3. The van der Waals surface area contributed by atoms with Crippen LogP contribution in [0.3, 0.4) is 0 Å². The van der Waals surface area contributed by atoms with E-state index in [0.29, 0.717) is 12.5 Å². The normalized spacial score (nSPS) is 12.4. The van der Waals surface area contributed by atoms with Gasteiger partial charge in [0.15, 0.2) is 0 Å². The molecule has 27 heavy (non-hydrogen) atoms. The van der Waals surface area contributed by atoms with Crippen LogP contribution in [-0.4, -0.2) is 6.54 Å². The van der Waals surface area contributed by atoms with Crippen LogP contribution < -0.4 is 20.7 Å². The molecule has 0 fully saturated rings. The van der Waals surface area contributed by atoms with E-state index >= 15 is 0 Å². The van der Waals surface area contributed by atoms with Crippen molar-refractivity contribution in [1.29, 1.82) is 0 Å². The zero-order valence-electron chi connectivity index (χ0n) is 16.6. The minimum atomic E-state index is 0.562. The zero-order chi connectivity index (χ0) is 19.2. The first kappa shape index (κ1) is 19.1. The minimum absolute atomic E-state index is 0.562. The fraction of sp³-hybridized carbons (Fsp3) is 0.304. The molecule has 0 amide bonds. The second-order valence-electron chi connectivity index (χ2n) is 6.83. The first-order valence-corrected chi connectivity index (χ1v) is 9.74. The van der Waals surface area contributed by atoms with Crippen molar-refractivity contribution in [3.05, 3.63) is 66.2 Å². The Hall–Kier alpha value is -2.72. The molecular formula is C23H29N3O. The first-order chi connectivity index (χ1) is 13.2. The van der Waals surface area contributed by atoms with Gasteiger partial charge in [-0.3, -0.25) is 5.01 Å². The molecule has 0 spiro atoms. The fourth-order valence-corrected chi connectivity index (χ4v) is 3.25. The highest BCUT2D eigenvalue weighted by Crippen LogP contribution is 2.42. The first-order valence-electron chi connectivity index (χ1n) is 9.74. The van der Waals surface area contributed by atoms with Crippen LogP contribution in [0.25, 0.3) is 10.8 Å². The van der Waals surface area contributed by atoms with Crippen molar-refractivity contribution in [2.24, 2.45) is 5.92 Å². The van der Waals surface area contributed by atoms with Gasteiger partial charge in [-0.2, -0.15) is 0 Å². The summed E-state index contributed by atoms with van der Waals surface area (Å²) in [5.74, 6) is 1.46. The number of hydrogen-bond acceptors (Lipinski definition) is 4. The summed E-state index contributed by atoms with van der Waals surface area (Å²) in [5, 5.41) is 4.51. The molecule has 1 heterocycles. The monoisotopic (exact) mass is 363 g/mol. The molecule has 3 aromatic carbocycles. The maximum Gasteiger partial charge on any atom is 0.129 e. The molecule has 4 heteroatoms. The summed E-state index contributed by atoms with van der Waals surface area (Å²) in [6.45, 7) is 9.94. The van der Waals surface area contributed by atoms with Gasteiger partial charge in [0.1, 0.15) is 12.4 Å². The van der Waals surface area contributed by atoms with Crippen molar-refractivity contribution in [2.75, 3.05) is 17.0 Å². The van der Waals surface area contributed by atoms with E-state index in [1.54, 1.807) is 0 Å². The number of ether oxygens (including phenoxy) is 1. The topological polar surface area (TPSA) is 36.5 Å². The summed E-state index contributed by atoms with van der Waals surface area (Å²) in [6, 6.07) is 20.8. The lowest BCUT2D eigenvalue weighted by atomic mass is 10.1. The van der Waals surface area contributed by atoms with Gasteiger partial charge in [0.2, 0.25) is 0 Å². The maximum absolute atomic E-state index is 6.16. The van der Waals surface area contributed by atoms with Gasteiger partial charge in [-0.1, -0.05) is 82.3 Å². The molecular weight excluding hydrogens is 334 g/mol.